The number of benzene rings is 2. The molecule has 1 saturated heterocycles. The Hall–Kier alpha value is -2.81. The Kier molecular flexibility index (Phi) is 5.80. The predicted molar refractivity (Wildman–Crippen MR) is 120 cm³/mol. The number of anilines is 1. The molecule has 2 N–H and O–H groups in total. The zero-order chi connectivity index (χ0) is 21.3. The molecule has 2 heterocycles. The fourth-order valence-electron chi connectivity index (χ4n) is 3.65. The van der Waals surface area contributed by atoms with E-state index in [0.29, 0.717) is 47.2 Å². The Morgan fingerprint density at radius 3 is 2.57 bits per heavy atom. The lowest BCUT2D eigenvalue weighted by Crippen LogP contribution is -2.48. The molecule has 1 fully saturated rings. The van der Waals surface area contributed by atoms with Crippen molar-refractivity contribution in [2.45, 2.75) is 4.90 Å². The summed E-state index contributed by atoms with van der Waals surface area (Å²) in [5, 5.41) is 6.96. The first-order valence-corrected chi connectivity index (χ1v) is 10.9. The van der Waals surface area contributed by atoms with Crippen molar-refractivity contribution >= 4 is 45.2 Å². The van der Waals surface area contributed by atoms with Crippen LogP contribution < -0.4 is 10.0 Å². The molecule has 1 aliphatic rings. The third kappa shape index (κ3) is 3.81. The molecule has 0 radical (unpaired) electrons. The van der Waals surface area contributed by atoms with Gasteiger partial charge in [-0.05, 0) is 24.3 Å². The van der Waals surface area contributed by atoms with E-state index >= 15 is 0 Å². The molecule has 1 aliphatic heterocycles. The highest BCUT2D eigenvalue weighted by Gasteiger charge is 2.22. The number of amides is 1. The molecule has 0 bridgehead atoms. The Morgan fingerprint density at radius 2 is 1.87 bits per heavy atom. The van der Waals surface area contributed by atoms with Crippen LogP contribution in [-0.2, 0) is 15.8 Å². The van der Waals surface area contributed by atoms with E-state index < -0.39 is 11.0 Å². The zero-order valence-corrected chi connectivity index (χ0v) is 17.7. The van der Waals surface area contributed by atoms with Crippen LogP contribution in [0.4, 0.5) is 5.82 Å². The maximum absolute atomic E-state index is 12.0. The molecule has 0 aliphatic carbocycles. The Bertz CT molecular complexity index is 1160. The van der Waals surface area contributed by atoms with Crippen LogP contribution in [0.5, 0.6) is 0 Å². The minimum absolute atomic E-state index is 0.0640. The summed E-state index contributed by atoms with van der Waals surface area (Å²) in [4.78, 5) is 25.1. The van der Waals surface area contributed by atoms with Gasteiger partial charge in [0, 0.05) is 47.7 Å². The third-order valence-electron chi connectivity index (χ3n) is 5.16. The van der Waals surface area contributed by atoms with Crippen molar-refractivity contribution in [3.05, 3.63) is 60.4 Å². The number of hydrogen-bond acceptors (Lipinski definition) is 5. The normalized spacial score (nSPS) is 15.3. The van der Waals surface area contributed by atoms with Crippen molar-refractivity contribution in [1.82, 2.24) is 14.9 Å². The average molecular weight is 442 g/mol. The van der Waals surface area contributed by atoms with Gasteiger partial charge in [-0.15, -0.1) is 0 Å². The van der Waals surface area contributed by atoms with Gasteiger partial charge in [-0.1, -0.05) is 36.4 Å². The van der Waals surface area contributed by atoms with Crippen LogP contribution in [0.3, 0.4) is 0 Å². The van der Waals surface area contributed by atoms with Gasteiger partial charge in [0.2, 0.25) is 5.91 Å². The summed E-state index contributed by atoms with van der Waals surface area (Å²) >= 11 is 6.63. The molecule has 1 aromatic heterocycles. The standard InChI is InChI=1S/C21H20ClN5O2S/c1-2-20(28)26-7-9-27(10-8-26)21-16-11-17(22)15(12-18(16)24-13-25-21)14-5-3-4-6-19(14)30(23)29/h2-6,11-13H,1,7-10,23H2. The number of nitrogens with two attached hydrogens (primary N) is 1. The molecule has 154 valence electrons. The molecule has 1 unspecified atom stereocenters. The van der Waals surface area contributed by atoms with E-state index in [-0.39, 0.29) is 5.91 Å². The van der Waals surface area contributed by atoms with Gasteiger partial charge in [0.1, 0.15) is 23.1 Å². The van der Waals surface area contributed by atoms with E-state index in [2.05, 4.69) is 21.4 Å². The molecule has 7 nitrogen and oxygen atoms in total. The number of carbonyl (C=O) groups is 1. The summed E-state index contributed by atoms with van der Waals surface area (Å²) in [5.41, 5.74) is 2.15. The van der Waals surface area contributed by atoms with E-state index in [0.717, 1.165) is 16.7 Å². The van der Waals surface area contributed by atoms with Gasteiger partial charge in [-0.25, -0.2) is 19.3 Å². The van der Waals surface area contributed by atoms with Crippen LogP contribution in [0.15, 0.2) is 60.3 Å². The maximum Gasteiger partial charge on any atom is 0.246 e. The van der Waals surface area contributed by atoms with Crippen LogP contribution in [0, 0.1) is 0 Å². The van der Waals surface area contributed by atoms with Gasteiger partial charge < -0.3 is 9.80 Å². The lowest BCUT2D eigenvalue weighted by molar-refractivity contribution is -0.126. The fourth-order valence-corrected chi connectivity index (χ4v) is 4.53. The molecule has 0 saturated carbocycles. The minimum atomic E-state index is -1.64. The first-order valence-electron chi connectivity index (χ1n) is 9.35. The summed E-state index contributed by atoms with van der Waals surface area (Å²) in [5.74, 6) is 0.709. The molecule has 0 spiro atoms. The highest BCUT2D eigenvalue weighted by molar-refractivity contribution is 7.82. The van der Waals surface area contributed by atoms with Crippen LogP contribution in [0.25, 0.3) is 22.0 Å². The Labute approximate surface area is 181 Å². The van der Waals surface area contributed by atoms with E-state index in [9.17, 15) is 9.00 Å². The van der Waals surface area contributed by atoms with Crippen molar-refractivity contribution < 1.29 is 9.00 Å². The Morgan fingerprint density at radius 1 is 1.13 bits per heavy atom. The summed E-state index contributed by atoms with van der Waals surface area (Å²) in [7, 11) is -1.64. The number of rotatable bonds is 4. The van der Waals surface area contributed by atoms with Crippen molar-refractivity contribution in [2.24, 2.45) is 5.14 Å². The van der Waals surface area contributed by atoms with Crippen LogP contribution >= 0.6 is 11.6 Å². The lowest BCUT2D eigenvalue weighted by Gasteiger charge is -2.35. The molecular weight excluding hydrogens is 422 g/mol. The molecule has 1 amide bonds. The van der Waals surface area contributed by atoms with Gasteiger partial charge >= 0.3 is 0 Å². The van der Waals surface area contributed by atoms with Crippen molar-refractivity contribution in [3.63, 3.8) is 0 Å². The predicted octanol–water partition coefficient (Wildman–Crippen LogP) is 2.77. The number of fused-ring (bicyclic) bond motifs is 1. The summed E-state index contributed by atoms with van der Waals surface area (Å²) in [6.45, 7) is 6.04. The number of carbonyl (C=O) groups excluding carboxylic acids is 1. The van der Waals surface area contributed by atoms with Crippen molar-refractivity contribution in [3.8, 4) is 11.1 Å². The van der Waals surface area contributed by atoms with Crippen LogP contribution in [0.1, 0.15) is 0 Å². The van der Waals surface area contributed by atoms with Crippen LogP contribution in [-0.4, -0.2) is 51.2 Å². The van der Waals surface area contributed by atoms with E-state index in [1.54, 1.807) is 17.0 Å². The summed E-state index contributed by atoms with van der Waals surface area (Å²) in [6, 6.07) is 10.9. The SMILES string of the molecule is C=CC(=O)N1CCN(c2ncnc3cc(-c4ccccc4S(N)=O)c(Cl)cc23)CC1. The third-order valence-corrected chi connectivity index (χ3v) is 6.26. The highest BCUT2D eigenvalue weighted by atomic mass is 35.5. The number of halogens is 1. The smallest absolute Gasteiger partial charge is 0.246 e. The van der Waals surface area contributed by atoms with Gasteiger partial charge in [0.05, 0.1) is 10.4 Å². The molecule has 30 heavy (non-hydrogen) atoms. The average Bonchev–Trinajstić information content (AvgIpc) is 2.78. The molecule has 3 aromatic rings. The molecule has 9 heteroatoms. The largest absolute Gasteiger partial charge is 0.352 e. The van der Waals surface area contributed by atoms with Gasteiger partial charge in [0.25, 0.3) is 0 Å². The molecule has 4 rings (SSSR count). The molecule has 2 aromatic carbocycles. The number of nitrogens with zero attached hydrogens (tertiary/aromatic N) is 4. The van der Waals surface area contributed by atoms with Gasteiger partial charge in [-0.2, -0.15) is 0 Å². The van der Waals surface area contributed by atoms with E-state index in [1.165, 1.54) is 12.4 Å². The monoisotopic (exact) mass is 441 g/mol. The minimum Gasteiger partial charge on any atom is -0.352 e. The molecular formula is C21H20ClN5O2S. The van der Waals surface area contributed by atoms with Crippen LogP contribution in [0.2, 0.25) is 5.02 Å². The Balaban J connectivity index is 1.73. The first kappa shape index (κ1) is 20.5. The fraction of sp³-hybridized carbons (Fsp3) is 0.190. The van der Waals surface area contributed by atoms with Crippen molar-refractivity contribution in [1.29, 1.82) is 0 Å². The second-order valence-electron chi connectivity index (χ2n) is 6.86. The van der Waals surface area contributed by atoms with Crippen molar-refractivity contribution in [2.75, 3.05) is 31.1 Å². The molecule has 1 atom stereocenters. The number of hydrogen-bond donors (Lipinski definition) is 1. The topological polar surface area (TPSA) is 92.4 Å². The zero-order valence-electron chi connectivity index (χ0n) is 16.1. The summed E-state index contributed by atoms with van der Waals surface area (Å²) < 4.78 is 12.0. The maximum atomic E-state index is 12.0. The van der Waals surface area contributed by atoms with E-state index in [4.69, 9.17) is 16.7 Å². The highest BCUT2D eigenvalue weighted by Crippen LogP contribution is 2.36. The second kappa shape index (κ2) is 8.51. The number of piperazine rings is 1. The lowest BCUT2D eigenvalue weighted by atomic mass is 10.0. The second-order valence-corrected chi connectivity index (χ2v) is 8.30. The first-order chi connectivity index (χ1) is 14.5. The van der Waals surface area contributed by atoms with E-state index in [1.807, 2.05) is 24.3 Å². The van der Waals surface area contributed by atoms with Gasteiger partial charge in [0.15, 0.2) is 0 Å². The summed E-state index contributed by atoms with van der Waals surface area (Å²) in [6.07, 6.45) is 2.85. The number of aromatic nitrogens is 2. The van der Waals surface area contributed by atoms with Gasteiger partial charge in [-0.3, -0.25) is 4.79 Å². The quantitative estimate of drug-likeness (QED) is 0.628.